The lowest BCUT2D eigenvalue weighted by Gasteiger charge is -2.15. The number of aromatic nitrogens is 1. The molecule has 6 heteroatoms. The molecule has 4 aromatic rings. The van der Waals surface area contributed by atoms with Gasteiger partial charge in [-0.25, -0.2) is 4.98 Å². The molecule has 6 nitrogen and oxygen atoms in total. The molecule has 0 bridgehead atoms. The summed E-state index contributed by atoms with van der Waals surface area (Å²) >= 11 is 0. The highest BCUT2D eigenvalue weighted by Gasteiger charge is 2.21. The van der Waals surface area contributed by atoms with Gasteiger partial charge in [-0.1, -0.05) is 36.4 Å². The number of ether oxygens (including phenoxy) is 1. The number of carbonyl (C=O) groups is 1. The van der Waals surface area contributed by atoms with Crippen LogP contribution >= 0.6 is 0 Å². The monoisotopic (exact) mass is 411 g/mol. The summed E-state index contributed by atoms with van der Waals surface area (Å²) in [6.45, 7) is -0.157. The molecule has 31 heavy (non-hydrogen) atoms. The first kappa shape index (κ1) is 18.9. The van der Waals surface area contributed by atoms with Crippen molar-refractivity contribution in [1.29, 1.82) is 0 Å². The van der Waals surface area contributed by atoms with Gasteiger partial charge < -0.3 is 20.5 Å². The lowest BCUT2D eigenvalue weighted by Crippen LogP contribution is -2.12. The maximum Gasteiger partial charge on any atom is 0.322 e. The van der Waals surface area contributed by atoms with Gasteiger partial charge >= 0.3 is 5.97 Å². The highest BCUT2D eigenvalue weighted by atomic mass is 16.5. The van der Waals surface area contributed by atoms with E-state index in [1.54, 1.807) is 13.2 Å². The van der Waals surface area contributed by atoms with Crippen LogP contribution in [0, 0.1) is 0 Å². The van der Waals surface area contributed by atoms with Gasteiger partial charge in [-0.2, -0.15) is 0 Å². The zero-order valence-corrected chi connectivity index (χ0v) is 17.0. The number of para-hydroxylation sites is 1. The Balaban J connectivity index is 1.52. The summed E-state index contributed by atoms with van der Waals surface area (Å²) in [6.07, 6.45) is 0.907. The summed E-state index contributed by atoms with van der Waals surface area (Å²) < 4.78 is 5.53. The minimum Gasteiger partial charge on any atom is -0.494 e. The third-order valence-electron chi connectivity index (χ3n) is 5.49. The third kappa shape index (κ3) is 3.53. The van der Waals surface area contributed by atoms with Crippen LogP contribution in [0.5, 0.6) is 5.75 Å². The highest BCUT2D eigenvalue weighted by molar-refractivity contribution is 5.96. The van der Waals surface area contributed by atoms with E-state index in [0.29, 0.717) is 11.4 Å². The van der Waals surface area contributed by atoms with Gasteiger partial charge in [0.05, 0.1) is 29.7 Å². The Hall–Kier alpha value is -4.06. The number of anilines is 3. The Morgan fingerprint density at radius 2 is 1.90 bits per heavy atom. The summed E-state index contributed by atoms with van der Waals surface area (Å²) in [4.78, 5) is 15.8. The van der Waals surface area contributed by atoms with Crippen LogP contribution in [0.25, 0.3) is 22.2 Å². The number of methoxy groups -OCH3 is 1. The molecule has 0 unspecified atom stereocenters. The number of rotatable bonds is 6. The van der Waals surface area contributed by atoms with Crippen molar-refractivity contribution in [3.63, 3.8) is 0 Å². The highest BCUT2D eigenvalue weighted by Crippen LogP contribution is 2.39. The maximum atomic E-state index is 10.8. The summed E-state index contributed by atoms with van der Waals surface area (Å²) in [6, 6.07) is 22.2. The summed E-state index contributed by atoms with van der Waals surface area (Å²) in [5, 5.41) is 16.2. The van der Waals surface area contributed by atoms with Crippen LogP contribution in [0.4, 0.5) is 17.1 Å². The van der Waals surface area contributed by atoms with Crippen LogP contribution in [0.3, 0.4) is 0 Å². The first-order valence-electron chi connectivity index (χ1n) is 10.0. The molecular weight excluding hydrogens is 390 g/mol. The van der Waals surface area contributed by atoms with E-state index in [0.717, 1.165) is 34.4 Å². The molecule has 3 aromatic carbocycles. The summed E-state index contributed by atoms with van der Waals surface area (Å²) in [5.74, 6) is -0.309. The molecule has 0 fully saturated rings. The number of carboxylic acids is 1. The van der Waals surface area contributed by atoms with Crippen LogP contribution in [0.1, 0.15) is 11.1 Å². The van der Waals surface area contributed by atoms with Gasteiger partial charge in [-0.05, 0) is 35.4 Å². The maximum absolute atomic E-state index is 10.8. The van der Waals surface area contributed by atoms with Crippen LogP contribution in [0.2, 0.25) is 0 Å². The zero-order chi connectivity index (χ0) is 21.4. The number of pyridine rings is 1. The molecule has 1 aliphatic carbocycles. The second kappa shape index (κ2) is 7.65. The molecule has 0 amide bonds. The Morgan fingerprint density at radius 3 is 2.74 bits per heavy atom. The van der Waals surface area contributed by atoms with E-state index >= 15 is 0 Å². The van der Waals surface area contributed by atoms with Gasteiger partial charge in [0.1, 0.15) is 12.3 Å². The fourth-order valence-electron chi connectivity index (χ4n) is 4.05. The SMILES string of the molecule is COc1cc(NCC(=O)O)ccc1Nc1cccc2cc3c(nc12)-c1ccccc1C3. The number of aliphatic carboxylic acids is 1. The van der Waals surface area contributed by atoms with Crippen LogP contribution in [-0.4, -0.2) is 29.7 Å². The quantitative estimate of drug-likeness (QED) is 0.362. The molecule has 154 valence electrons. The Labute approximate surface area is 179 Å². The average Bonchev–Trinajstić information content (AvgIpc) is 3.14. The Kier molecular flexibility index (Phi) is 4.67. The molecule has 0 radical (unpaired) electrons. The van der Waals surface area contributed by atoms with E-state index in [2.05, 4.69) is 47.0 Å². The van der Waals surface area contributed by atoms with Crippen molar-refractivity contribution in [2.24, 2.45) is 0 Å². The number of carboxylic acid groups (broad SMARTS) is 1. The topological polar surface area (TPSA) is 83.5 Å². The molecule has 0 atom stereocenters. The molecule has 0 saturated heterocycles. The molecular formula is C25H21N3O3. The molecule has 0 spiro atoms. The van der Waals surface area contributed by atoms with Crippen molar-refractivity contribution in [3.05, 3.63) is 77.9 Å². The van der Waals surface area contributed by atoms with Crippen molar-refractivity contribution in [2.45, 2.75) is 6.42 Å². The first-order chi connectivity index (χ1) is 15.1. The number of nitrogens with one attached hydrogen (secondary N) is 2. The third-order valence-corrected chi connectivity index (χ3v) is 5.49. The zero-order valence-electron chi connectivity index (χ0n) is 17.0. The molecule has 1 heterocycles. The van der Waals surface area contributed by atoms with Gasteiger partial charge in [-0.15, -0.1) is 0 Å². The number of nitrogens with zero attached hydrogens (tertiary/aromatic N) is 1. The van der Waals surface area contributed by atoms with E-state index in [1.807, 2.05) is 24.3 Å². The average molecular weight is 411 g/mol. The summed E-state index contributed by atoms with van der Waals surface area (Å²) in [5.41, 5.74) is 8.02. The molecule has 1 aliphatic rings. The van der Waals surface area contributed by atoms with E-state index < -0.39 is 5.97 Å². The lowest BCUT2D eigenvalue weighted by atomic mass is 10.1. The molecule has 3 N–H and O–H groups in total. The summed E-state index contributed by atoms with van der Waals surface area (Å²) in [7, 11) is 1.59. The van der Waals surface area contributed by atoms with Crippen molar-refractivity contribution in [2.75, 3.05) is 24.3 Å². The van der Waals surface area contributed by atoms with Gasteiger partial charge in [0, 0.05) is 29.1 Å². The Morgan fingerprint density at radius 1 is 1.03 bits per heavy atom. The van der Waals surface area contributed by atoms with E-state index in [1.165, 1.54) is 16.7 Å². The standard InChI is InChI=1S/C25H21N3O3/c1-31-22-13-18(26-14-23(29)30)9-10-20(22)27-21-8-4-6-16-12-17-11-15-5-2-3-7-19(15)24(17)28-25(16)21/h2-10,12-13,26-27H,11,14H2,1H3,(H,29,30). The van der Waals surface area contributed by atoms with Crippen molar-refractivity contribution >= 4 is 33.9 Å². The van der Waals surface area contributed by atoms with E-state index in [4.69, 9.17) is 14.8 Å². The van der Waals surface area contributed by atoms with Crippen LogP contribution < -0.4 is 15.4 Å². The van der Waals surface area contributed by atoms with Gasteiger partial charge in [0.15, 0.2) is 0 Å². The fourth-order valence-corrected chi connectivity index (χ4v) is 4.05. The molecule has 1 aromatic heterocycles. The van der Waals surface area contributed by atoms with E-state index in [9.17, 15) is 4.79 Å². The second-order valence-corrected chi connectivity index (χ2v) is 7.49. The van der Waals surface area contributed by atoms with Crippen LogP contribution in [0.15, 0.2) is 66.7 Å². The van der Waals surface area contributed by atoms with Gasteiger partial charge in [-0.3, -0.25) is 4.79 Å². The number of fused-ring (bicyclic) bond motifs is 4. The first-order valence-corrected chi connectivity index (χ1v) is 10.0. The van der Waals surface area contributed by atoms with Crippen molar-refractivity contribution < 1.29 is 14.6 Å². The lowest BCUT2D eigenvalue weighted by molar-refractivity contribution is -0.134. The van der Waals surface area contributed by atoms with Gasteiger partial charge in [0.25, 0.3) is 0 Å². The number of hydrogen-bond donors (Lipinski definition) is 3. The predicted octanol–water partition coefficient (Wildman–Crippen LogP) is 5.05. The molecule has 5 rings (SSSR count). The predicted molar refractivity (Wildman–Crippen MR) is 122 cm³/mol. The smallest absolute Gasteiger partial charge is 0.322 e. The second-order valence-electron chi connectivity index (χ2n) is 7.49. The van der Waals surface area contributed by atoms with Crippen molar-refractivity contribution in [3.8, 4) is 17.0 Å². The largest absolute Gasteiger partial charge is 0.494 e. The number of hydrogen-bond acceptors (Lipinski definition) is 5. The number of benzene rings is 3. The van der Waals surface area contributed by atoms with Crippen molar-refractivity contribution in [1.82, 2.24) is 4.98 Å². The normalized spacial score (nSPS) is 11.6. The minimum atomic E-state index is -0.919. The van der Waals surface area contributed by atoms with E-state index in [-0.39, 0.29) is 6.54 Å². The molecule has 0 aliphatic heterocycles. The minimum absolute atomic E-state index is 0.157. The van der Waals surface area contributed by atoms with Gasteiger partial charge in [0.2, 0.25) is 0 Å². The van der Waals surface area contributed by atoms with Crippen LogP contribution in [-0.2, 0) is 11.2 Å². The Bertz CT molecular complexity index is 1320. The fraction of sp³-hybridized carbons (Fsp3) is 0.120. The molecule has 0 saturated carbocycles.